The predicted octanol–water partition coefficient (Wildman–Crippen LogP) is 3.42. The molecule has 0 aliphatic heterocycles. The third-order valence-corrected chi connectivity index (χ3v) is 5.33. The average molecular weight is 351 g/mol. The van der Waals surface area contributed by atoms with Crippen LogP contribution >= 0.6 is 11.3 Å². The average Bonchev–Trinajstić information content (AvgIpc) is 3.13. The minimum atomic E-state index is -0.113. The molecule has 0 bridgehead atoms. The molecule has 6 nitrogen and oxygen atoms in total. The minimum Gasteiger partial charge on any atom is -0.344 e. The largest absolute Gasteiger partial charge is 0.344 e. The van der Waals surface area contributed by atoms with Crippen LogP contribution in [0.25, 0.3) is 21.3 Å². The molecule has 0 atom stereocenters. The van der Waals surface area contributed by atoms with E-state index in [1.807, 2.05) is 45.0 Å². The van der Waals surface area contributed by atoms with Gasteiger partial charge < -0.3 is 10.3 Å². The van der Waals surface area contributed by atoms with Crippen molar-refractivity contribution in [1.29, 1.82) is 0 Å². The van der Waals surface area contributed by atoms with Gasteiger partial charge in [-0.05, 0) is 38.5 Å². The Morgan fingerprint density at radius 1 is 1.16 bits per heavy atom. The third kappa shape index (κ3) is 2.76. The van der Waals surface area contributed by atoms with Gasteiger partial charge >= 0.3 is 0 Å². The van der Waals surface area contributed by atoms with Crippen LogP contribution in [0.4, 0.5) is 0 Å². The number of carbonyl (C=O) groups excluding carboxylic acids is 1. The first-order valence-corrected chi connectivity index (χ1v) is 8.80. The maximum atomic E-state index is 12.6. The highest BCUT2D eigenvalue weighted by Gasteiger charge is 2.18. The normalized spacial score (nSPS) is 11.3. The van der Waals surface area contributed by atoms with Gasteiger partial charge in [-0.25, -0.2) is 15.0 Å². The number of para-hydroxylation sites is 2. The number of aryl methyl sites for hydroxylation is 3. The van der Waals surface area contributed by atoms with Crippen LogP contribution in [-0.2, 0) is 6.54 Å². The van der Waals surface area contributed by atoms with Crippen molar-refractivity contribution in [3.05, 3.63) is 52.0 Å². The summed E-state index contributed by atoms with van der Waals surface area (Å²) < 4.78 is 0. The Hall–Kier alpha value is -2.80. The number of imidazole rings is 1. The Balaban J connectivity index is 1.59. The fraction of sp³-hybridized carbons (Fsp3) is 0.222. The lowest BCUT2D eigenvalue weighted by molar-refractivity contribution is 0.0953. The van der Waals surface area contributed by atoms with E-state index in [-0.39, 0.29) is 5.91 Å². The van der Waals surface area contributed by atoms with Gasteiger partial charge in [-0.3, -0.25) is 4.79 Å². The molecule has 0 unspecified atom stereocenters. The van der Waals surface area contributed by atoms with Gasteiger partial charge in [0.25, 0.3) is 5.91 Å². The van der Waals surface area contributed by atoms with Crippen LogP contribution < -0.4 is 5.32 Å². The van der Waals surface area contributed by atoms with Crippen molar-refractivity contribution in [3.8, 4) is 0 Å². The van der Waals surface area contributed by atoms with Crippen molar-refractivity contribution in [3.63, 3.8) is 0 Å². The predicted molar refractivity (Wildman–Crippen MR) is 98.9 cm³/mol. The number of hydrogen-bond acceptors (Lipinski definition) is 5. The fourth-order valence-corrected chi connectivity index (χ4v) is 4.22. The number of nitrogens with one attached hydrogen (secondary N) is 2. The van der Waals surface area contributed by atoms with Crippen molar-refractivity contribution in [1.82, 2.24) is 25.3 Å². The molecule has 0 aliphatic carbocycles. The quantitative estimate of drug-likeness (QED) is 0.592. The molecule has 0 radical (unpaired) electrons. The molecule has 3 heterocycles. The number of thiophene rings is 1. The summed E-state index contributed by atoms with van der Waals surface area (Å²) in [7, 11) is 0. The lowest BCUT2D eigenvalue weighted by atomic mass is 10.1. The Morgan fingerprint density at radius 3 is 2.76 bits per heavy atom. The second kappa shape index (κ2) is 5.93. The summed E-state index contributed by atoms with van der Waals surface area (Å²) in [5, 5.41) is 3.92. The first-order valence-electron chi connectivity index (χ1n) is 7.99. The fourth-order valence-electron chi connectivity index (χ4n) is 3.02. The van der Waals surface area contributed by atoms with Gasteiger partial charge in [0.2, 0.25) is 0 Å². The molecule has 4 rings (SSSR count). The minimum absolute atomic E-state index is 0.113. The molecule has 0 saturated heterocycles. The molecular weight excluding hydrogens is 334 g/mol. The number of fused-ring (bicyclic) bond motifs is 2. The number of carbonyl (C=O) groups is 1. The molecule has 2 N–H and O–H groups in total. The first kappa shape index (κ1) is 15.7. The van der Waals surface area contributed by atoms with E-state index in [1.54, 1.807) is 0 Å². The van der Waals surface area contributed by atoms with E-state index in [2.05, 4.69) is 25.3 Å². The lowest BCUT2D eigenvalue weighted by Crippen LogP contribution is -2.23. The van der Waals surface area contributed by atoms with Gasteiger partial charge in [0.15, 0.2) is 0 Å². The Labute approximate surface area is 148 Å². The Morgan fingerprint density at radius 2 is 1.96 bits per heavy atom. The van der Waals surface area contributed by atoms with Crippen molar-refractivity contribution >= 4 is 38.5 Å². The number of amides is 1. The van der Waals surface area contributed by atoms with E-state index in [0.29, 0.717) is 11.4 Å². The number of rotatable bonds is 3. The Kier molecular flexibility index (Phi) is 3.73. The van der Waals surface area contributed by atoms with Crippen LogP contribution in [0.15, 0.2) is 24.3 Å². The standard InChI is InChI=1S/C18H17N5OS/c1-9-15-10(2)20-11(3)21-18(15)25-16(9)17(24)19-8-14-22-12-6-4-5-7-13(12)23-14/h4-7H,8H2,1-3H3,(H,19,24)(H,22,23). The molecule has 0 aliphatic rings. The second-order valence-corrected chi connectivity index (χ2v) is 6.97. The molecule has 3 aromatic heterocycles. The van der Waals surface area contributed by atoms with E-state index in [9.17, 15) is 4.79 Å². The van der Waals surface area contributed by atoms with E-state index in [1.165, 1.54) is 11.3 Å². The molecule has 126 valence electrons. The van der Waals surface area contributed by atoms with Crippen LogP contribution in [-0.4, -0.2) is 25.8 Å². The topological polar surface area (TPSA) is 83.6 Å². The van der Waals surface area contributed by atoms with E-state index < -0.39 is 0 Å². The van der Waals surface area contributed by atoms with Crippen LogP contribution in [0.3, 0.4) is 0 Å². The van der Waals surface area contributed by atoms with E-state index in [0.717, 1.165) is 44.2 Å². The molecule has 1 aromatic carbocycles. The highest BCUT2D eigenvalue weighted by molar-refractivity contribution is 7.20. The van der Waals surface area contributed by atoms with Crippen molar-refractivity contribution in [2.45, 2.75) is 27.3 Å². The zero-order valence-electron chi connectivity index (χ0n) is 14.2. The summed E-state index contributed by atoms with van der Waals surface area (Å²) in [5.41, 5.74) is 3.70. The lowest BCUT2D eigenvalue weighted by Gasteiger charge is -2.02. The zero-order chi connectivity index (χ0) is 17.6. The molecule has 0 saturated carbocycles. The van der Waals surface area contributed by atoms with Gasteiger partial charge in [0.1, 0.15) is 16.5 Å². The van der Waals surface area contributed by atoms with Crippen molar-refractivity contribution in [2.24, 2.45) is 0 Å². The summed E-state index contributed by atoms with van der Waals surface area (Å²) in [4.78, 5) is 30.7. The van der Waals surface area contributed by atoms with Crippen molar-refractivity contribution in [2.75, 3.05) is 0 Å². The van der Waals surface area contributed by atoms with E-state index >= 15 is 0 Å². The van der Waals surface area contributed by atoms with Crippen LogP contribution in [0.2, 0.25) is 0 Å². The number of H-pyrrole nitrogens is 1. The molecule has 0 fully saturated rings. The summed E-state index contributed by atoms with van der Waals surface area (Å²) in [6.45, 7) is 6.11. The highest BCUT2D eigenvalue weighted by atomic mass is 32.1. The number of aromatic nitrogens is 4. The number of nitrogens with zero attached hydrogens (tertiary/aromatic N) is 3. The molecule has 25 heavy (non-hydrogen) atoms. The number of aromatic amines is 1. The summed E-state index contributed by atoms with van der Waals surface area (Å²) in [6, 6.07) is 7.80. The van der Waals surface area contributed by atoms with Crippen molar-refractivity contribution < 1.29 is 4.79 Å². The SMILES string of the molecule is Cc1nc(C)c2c(C)c(C(=O)NCc3nc4ccccc4[nH]3)sc2n1. The maximum absolute atomic E-state index is 12.6. The summed E-state index contributed by atoms with van der Waals surface area (Å²) >= 11 is 1.41. The third-order valence-electron chi connectivity index (χ3n) is 4.14. The first-order chi connectivity index (χ1) is 12.0. The van der Waals surface area contributed by atoms with Gasteiger partial charge in [0.05, 0.1) is 22.5 Å². The van der Waals surface area contributed by atoms with Gasteiger partial charge in [-0.1, -0.05) is 12.1 Å². The van der Waals surface area contributed by atoms with Crippen LogP contribution in [0.5, 0.6) is 0 Å². The van der Waals surface area contributed by atoms with Gasteiger partial charge in [-0.15, -0.1) is 11.3 Å². The molecule has 0 spiro atoms. The molecule has 1 amide bonds. The van der Waals surface area contributed by atoms with Crippen LogP contribution in [0.1, 0.15) is 32.6 Å². The van der Waals surface area contributed by atoms with Gasteiger partial charge in [0, 0.05) is 11.1 Å². The zero-order valence-corrected chi connectivity index (χ0v) is 15.0. The van der Waals surface area contributed by atoms with Crippen LogP contribution in [0, 0.1) is 20.8 Å². The van der Waals surface area contributed by atoms with Gasteiger partial charge in [-0.2, -0.15) is 0 Å². The molecule has 7 heteroatoms. The molecule has 4 aromatic rings. The number of benzene rings is 1. The Bertz CT molecular complexity index is 1080. The summed E-state index contributed by atoms with van der Waals surface area (Å²) in [6.07, 6.45) is 0. The maximum Gasteiger partial charge on any atom is 0.262 e. The smallest absolute Gasteiger partial charge is 0.262 e. The van der Waals surface area contributed by atoms with E-state index in [4.69, 9.17) is 0 Å². The summed E-state index contributed by atoms with van der Waals surface area (Å²) in [5.74, 6) is 1.35. The number of hydrogen-bond donors (Lipinski definition) is 2. The molecular formula is C18H17N5OS. The highest BCUT2D eigenvalue weighted by Crippen LogP contribution is 2.31. The second-order valence-electron chi connectivity index (χ2n) is 5.98. The monoisotopic (exact) mass is 351 g/mol.